The van der Waals surface area contributed by atoms with Crippen LogP contribution in [0.2, 0.25) is 0 Å². The second-order valence-corrected chi connectivity index (χ2v) is 2.38. The Morgan fingerprint density at radius 3 is 3.00 bits per heavy atom. The number of hydrogen-bond acceptors (Lipinski definition) is 2. The first kappa shape index (κ1) is 6.22. The van der Waals surface area contributed by atoms with Gasteiger partial charge < -0.3 is 4.84 Å². The quantitative estimate of drug-likeness (QED) is 0.556. The molecule has 3 nitrogen and oxygen atoms in total. The van der Waals surface area contributed by atoms with E-state index in [2.05, 4.69) is 0 Å². The third-order valence-corrected chi connectivity index (χ3v) is 1.63. The summed E-state index contributed by atoms with van der Waals surface area (Å²) < 4.78 is 0. The molecular weight excluding hydrogens is 142 g/mol. The maximum atomic E-state index is 10.3. The number of nitrogens with zero attached hydrogens (tertiary/aromatic N) is 1. The molecular formula is C8H7NO2. The molecule has 1 amide bonds. The molecule has 56 valence electrons. The van der Waals surface area contributed by atoms with Crippen LogP contribution in [0, 0.1) is 0 Å². The first-order valence-electron chi connectivity index (χ1n) is 3.38. The van der Waals surface area contributed by atoms with Crippen LogP contribution >= 0.6 is 0 Å². The van der Waals surface area contributed by atoms with Crippen molar-refractivity contribution in [1.82, 2.24) is 5.06 Å². The Morgan fingerprint density at radius 2 is 2.27 bits per heavy atom. The van der Waals surface area contributed by atoms with E-state index in [1.54, 1.807) is 0 Å². The number of benzene rings is 1. The van der Waals surface area contributed by atoms with Crippen molar-refractivity contribution in [2.24, 2.45) is 0 Å². The molecule has 1 aliphatic rings. The van der Waals surface area contributed by atoms with Crippen LogP contribution in [0.5, 0.6) is 5.75 Å². The molecule has 11 heavy (non-hydrogen) atoms. The molecule has 0 unspecified atom stereocenters. The van der Waals surface area contributed by atoms with Gasteiger partial charge in [-0.2, -0.15) is 5.06 Å². The number of para-hydroxylation sites is 1. The van der Waals surface area contributed by atoms with Crippen molar-refractivity contribution in [2.45, 2.75) is 6.54 Å². The smallest absolute Gasteiger partial charge is 0.242 e. The Bertz CT molecular complexity index is 260. The first-order valence-corrected chi connectivity index (χ1v) is 3.38. The fraction of sp³-hybridized carbons (Fsp3) is 0.125. The molecule has 3 heteroatoms. The van der Waals surface area contributed by atoms with Gasteiger partial charge in [-0.05, 0) is 6.07 Å². The fourth-order valence-corrected chi connectivity index (χ4v) is 1.11. The standard InChI is InChI=1S/C8H7NO2/c10-6-9-5-7-3-1-2-4-8(7)11-9/h1-4,6H,5H2. The molecule has 0 bridgehead atoms. The van der Waals surface area contributed by atoms with Crippen molar-refractivity contribution < 1.29 is 9.63 Å². The Kier molecular flexibility index (Phi) is 1.28. The Morgan fingerprint density at radius 1 is 1.45 bits per heavy atom. The summed E-state index contributed by atoms with van der Waals surface area (Å²) in [7, 11) is 0. The van der Waals surface area contributed by atoms with Crippen LogP contribution in [0.3, 0.4) is 0 Å². The van der Waals surface area contributed by atoms with Gasteiger partial charge in [0.15, 0.2) is 5.75 Å². The van der Waals surface area contributed by atoms with Gasteiger partial charge in [0.2, 0.25) is 6.41 Å². The molecule has 0 aromatic heterocycles. The minimum atomic E-state index is 0.555. The maximum absolute atomic E-state index is 10.3. The summed E-state index contributed by atoms with van der Waals surface area (Å²) in [6.45, 7) is 0.555. The number of carbonyl (C=O) groups excluding carboxylic acids is 1. The fourth-order valence-electron chi connectivity index (χ4n) is 1.11. The molecule has 1 heterocycles. The molecule has 0 atom stereocenters. The zero-order valence-corrected chi connectivity index (χ0v) is 5.86. The Hall–Kier alpha value is -1.51. The summed E-state index contributed by atoms with van der Waals surface area (Å²) in [5.74, 6) is 0.777. The van der Waals surface area contributed by atoms with Crippen molar-refractivity contribution in [3.63, 3.8) is 0 Å². The highest BCUT2D eigenvalue weighted by Crippen LogP contribution is 2.25. The lowest BCUT2D eigenvalue weighted by Gasteiger charge is -2.04. The molecule has 0 aliphatic carbocycles. The van der Waals surface area contributed by atoms with Crippen LogP contribution in [-0.2, 0) is 11.3 Å². The van der Waals surface area contributed by atoms with E-state index < -0.39 is 0 Å². The lowest BCUT2D eigenvalue weighted by molar-refractivity contribution is -0.139. The SMILES string of the molecule is O=CN1Cc2ccccc2O1. The Labute approximate surface area is 64.1 Å². The van der Waals surface area contributed by atoms with Gasteiger partial charge in [0, 0.05) is 5.56 Å². The summed E-state index contributed by atoms with van der Waals surface area (Å²) >= 11 is 0. The lowest BCUT2D eigenvalue weighted by atomic mass is 10.2. The van der Waals surface area contributed by atoms with E-state index in [0.29, 0.717) is 13.0 Å². The normalized spacial score (nSPS) is 14.0. The molecule has 0 saturated carbocycles. The van der Waals surface area contributed by atoms with E-state index in [-0.39, 0.29) is 0 Å². The van der Waals surface area contributed by atoms with Crippen molar-refractivity contribution in [3.8, 4) is 5.75 Å². The predicted octanol–water partition coefficient (Wildman–Crippen LogP) is 0.952. The maximum Gasteiger partial charge on any atom is 0.242 e. The van der Waals surface area contributed by atoms with Crippen LogP contribution in [0.25, 0.3) is 0 Å². The second-order valence-electron chi connectivity index (χ2n) is 2.38. The van der Waals surface area contributed by atoms with E-state index in [0.717, 1.165) is 11.3 Å². The molecule has 0 N–H and O–H groups in total. The molecule has 0 fully saturated rings. The molecule has 0 spiro atoms. The minimum absolute atomic E-state index is 0.555. The summed E-state index contributed by atoms with van der Waals surface area (Å²) in [6, 6.07) is 7.60. The number of carbonyl (C=O) groups is 1. The van der Waals surface area contributed by atoms with Gasteiger partial charge in [-0.15, -0.1) is 0 Å². The van der Waals surface area contributed by atoms with Crippen molar-refractivity contribution in [2.75, 3.05) is 0 Å². The average Bonchev–Trinajstić information content (AvgIpc) is 2.46. The van der Waals surface area contributed by atoms with Crippen LogP contribution in [-0.4, -0.2) is 11.5 Å². The topological polar surface area (TPSA) is 29.5 Å². The summed E-state index contributed by atoms with van der Waals surface area (Å²) in [4.78, 5) is 15.4. The molecule has 0 saturated heterocycles. The zero-order chi connectivity index (χ0) is 7.68. The Balaban J connectivity index is 2.33. The molecule has 0 radical (unpaired) electrons. The number of hydroxylamine groups is 2. The molecule has 1 aliphatic heterocycles. The molecule has 1 aromatic rings. The van der Waals surface area contributed by atoms with E-state index >= 15 is 0 Å². The molecule has 2 rings (SSSR count). The van der Waals surface area contributed by atoms with E-state index in [9.17, 15) is 4.79 Å². The lowest BCUT2D eigenvalue weighted by Crippen LogP contribution is -2.18. The van der Waals surface area contributed by atoms with E-state index in [1.807, 2.05) is 24.3 Å². The number of fused-ring (bicyclic) bond motifs is 1. The van der Waals surface area contributed by atoms with Crippen LogP contribution in [0.15, 0.2) is 24.3 Å². The van der Waals surface area contributed by atoms with E-state index in [1.165, 1.54) is 5.06 Å². The second kappa shape index (κ2) is 2.27. The monoisotopic (exact) mass is 149 g/mol. The van der Waals surface area contributed by atoms with E-state index in [4.69, 9.17) is 4.84 Å². The number of rotatable bonds is 1. The van der Waals surface area contributed by atoms with Gasteiger partial charge in [0.25, 0.3) is 0 Å². The number of amides is 1. The zero-order valence-electron chi connectivity index (χ0n) is 5.86. The van der Waals surface area contributed by atoms with Gasteiger partial charge in [0.1, 0.15) is 0 Å². The van der Waals surface area contributed by atoms with Gasteiger partial charge in [0.05, 0.1) is 6.54 Å². The van der Waals surface area contributed by atoms with Crippen molar-refractivity contribution >= 4 is 6.41 Å². The average molecular weight is 149 g/mol. The van der Waals surface area contributed by atoms with Crippen LogP contribution in [0.1, 0.15) is 5.56 Å². The summed E-state index contributed by atoms with van der Waals surface area (Å²) in [5, 5.41) is 1.27. The van der Waals surface area contributed by atoms with Gasteiger partial charge in [-0.1, -0.05) is 18.2 Å². The highest BCUT2D eigenvalue weighted by atomic mass is 16.7. The van der Waals surface area contributed by atoms with Gasteiger partial charge in [-0.25, -0.2) is 0 Å². The third kappa shape index (κ3) is 0.941. The summed E-state index contributed by atoms with van der Waals surface area (Å²) in [6.07, 6.45) is 0.681. The van der Waals surface area contributed by atoms with Gasteiger partial charge in [-0.3, -0.25) is 4.79 Å². The highest BCUT2D eigenvalue weighted by Gasteiger charge is 2.17. The minimum Gasteiger partial charge on any atom is -0.376 e. The third-order valence-electron chi connectivity index (χ3n) is 1.63. The van der Waals surface area contributed by atoms with Crippen LogP contribution < -0.4 is 4.84 Å². The van der Waals surface area contributed by atoms with Crippen molar-refractivity contribution in [1.29, 1.82) is 0 Å². The number of hydrogen-bond donors (Lipinski definition) is 0. The largest absolute Gasteiger partial charge is 0.376 e. The molecule has 1 aromatic carbocycles. The predicted molar refractivity (Wildman–Crippen MR) is 38.7 cm³/mol. The first-order chi connectivity index (χ1) is 5.40. The van der Waals surface area contributed by atoms with Crippen molar-refractivity contribution in [3.05, 3.63) is 29.8 Å². The highest BCUT2D eigenvalue weighted by molar-refractivity contribution is 5.49. The van der Waals surface area contributed by atoms with Gasteiger partial charge >= 0.3 is 0 Å². The van der Waals surface area contributed by atoms with Crippen LogP contribution in [0.4, 0.5) is 0 Å². The summed E-state index contributed by atoms with van der Waals surface area (Å²) in [5.41, 5.74) is 1.06.